The molecule has 0 saturated carbocycles. The van der Waals surface area contributed by atoms with Crippen LogP contribution >= 0.6 is 27.5 Å². The Morgan fingerprint density at radius 2 is 2.00 bits per heavy atom. The van der Waals surface area contributed by atoms with E-state index < -0.39 is 11.9 Å². The Labute approximate surface area is 215 Å². The van der Waals surface area contributed by atoms with E-state index in [1.165, 1.54) is 0 Å². The van der Waals surface area contributed by atoms with Gasteiger partial charge in [0.15, 0.2) is 10.9 Å². The molecule has 0 atom stereocenters. The van der Waals surface area contributed by atoms with Gasteiger partial charge in [0.05, 0.1) is 11.1 Å². The van der Waals surface area contributed by atoms with Gasteiger partial charge in [0.25, 0.3) is 5.91 Å². The predicted molar refractivity (Wildman–Crippen MR) is 138 cm³/mol. The first kappa shape index (κ1) is 24.8. The molecule has 0 fully saturated rings. The predicted octanol–water partition coefficient (Wildman–Crippen LogP) is 5.20. The second-order valence-electron chi connectivity index (χ2n) is 7.76. The average Bonchev–Trinajstić information content (AvgIpc) is 3.34. The van der Waals surface area contributed by atoms with Crippen LogP contribution in [-0.2, 0) is 22.5 Å². The highest BCUT2D eigenvalue weighted by atomic mass is 79.9. The SMILES string of the molecule is CCOC(=O)CNC(=O)c1c(Cl)nc(CC)n1Cc1ccc2oc(-c3ccccc3N)c(Br)c2c1. The number of hydrogen-bond donors (Lipinski definition) is 2. The van der Waals surface area contributed by atoms with Crippen molar-refractivity contribution in [3.05, 3.63) is 69.2 Å². The monoisotopic (exact) mass is 558 g/mol. The number of benzene rings is 2. The zero-order valence-electron chi connectivity index (χ0n) is 19.2. The molecule has 182 valence electrons. The number of nitrogens with two attached hydrogens (primary N) is 1. The van der Waals surface area contributed by atoms with Crippen molar-refractivity contribution >= 4 is 56.1 Å². The maximum Gasteiger partial charge on any atom is 0.325 e. The number of esters is 1. The number of fused-ring (bicyclic) bond motifs is 1. The standard InChI is InChI=1S/C25H24BrClN4O4/c1-3-19-30-24(27)22(25(33)29-12-20(32)34-4-2)31(19)13-14-9-10-18-16(11-14)21(26)23(35-18)15-7-5-6-8-17(15)28/h5-11H,3-4,12-13,28H2,1-2H3,(H,29,33). The molecule has 0 saturated heterocycles. The summed E-state index contributed by atoms with van der Waals surface area (Å²) in [6.07, 6.45) is 0.569. The molecule has 0 aliphatic rings. The number of aryl methyl sites for hydroxylation is 1. The molecular weight excluding hydrogens is 536 g/mol. The van der Waals surface area contributed by atoms with E-state index >= 15 is 0 Å². The molecule has 8 nitrogen and oxygen atoms in total. The highest BCUT2D eigenvalue weighted by molar-refractivity contribution is 9.10. The molecule has 4 aromatic rings. The lowest BCUT2D eigenvalue weighted by Crippen LogP contribution is -2.32. The van der Waals surface area contributed by atoms with Crippen molar-refractivity contribution in [3.63, 3.8) is 0 Å². The zero-order valence-corrected chi connectivity index (χ0v) is 21.6. The molecule has 4 rings (SSSR count). The van der Waals surface area contributed by atoms with E-state index in [4.69, 9.17) is 26.5 Å². The molecule has 0 bridgehead atoms. The van der Waals surface area contributed by atoms with Crippen LogP contribution in [0.5, 0.6) is 0 Å². The van der Waals surface area contributed by atoms with Crippen LogP contribution in [0.3, 0.4) is 0 Å². The number of furan rings is 1. The molecule has 0 unspecified atom stereocenters. The fourth-order valence-electron chi connectivity index (χ4n) is 3.84. The molecule has 10 heteroatoms. The smallest absolute Gasteiger partial charge is 0.325 e. The lowest BCUT2D eigenvalue weighted by molar-refractivity contribution is -0.141. The van der Waals surface area contributed by atoms with Gasteiger partial charge in [0.2, 0.25) is 0 Å². The summed E-state index contributed by atoms with van der Waals surface area (Å²) in [6, 6.07) is 13.3. The Bertz CT molecular complexity index is 1410. The van der Waals surface area contributed by atoms with Crippen LogP contribution in [0.25, 0.3) is 22.3 Å². The molecule has 0 aliphatic heterocycles. The van der Waals surface area contributed by atoms with Gasteiger partial charge >= 0.3 is 5.97 Å². The Morgan fingerprint density at radius 3 is 2.71 bits per heavy atom. The fraction of sp³-hybridized carbons (Fsp3) is 0.240. The Hall–Kier alpha value is -3.30. The quantitative estimate of drug-likeness (QED) is 0.227. The molecule has 2 aromatic carbocycles. The second-order valence-corrected chi connectivity index (χ2v) is 8.91. The Kier molecular flexibility index (Phi) is 7.47. The summed E-state index contributed by atoms with van der Waals surface area (Å²) in [6.45, 7) is 3.96. The van der Waals surface area contributed by atoms with Crippen molar-refractivity contribution in [2.45, 2.75) is 26.8 Å². The number of nitrogens with zero attached hydrogens (tertiary/aromatic N) is 2. The number of nitrogens with one attached hydrogen (secondary N) is 1. The first-order valence-electron chi connectivity index (χ1n) is 11.1. The number of aromatic nitrogens is 2. The van der Waals surface area contributed by atoms with Crippen molar-refractivity contribution in [3.8, 4) is 11.3 Å². The van der Waals surface area contributed by atoms with Gasteiger partial charge < -0.3 is 24.8 Å². The van der Waals surface area contributed by atoms with Crippen LogP contribution in [0.15, 0.2) is 51.4 Å². The maximum absolute atomic E-state index is 12.9. The third-order valence-corrected chi connectivity index (χ3v) is 6.52. The number of hydrogen-bond acceptors (Lipinski definition) is 6. The minimum Gasteiger partial charge on any atom is -0.465 e. The molecular formula is C25H24BrClN4O4. The number of anilines is 1. The van der Waals surface area contributed by atoms with Gasteiger partial charge in [-0.25, -0.2) is 4.98 Å². The van der Waals surface area contributed by atoms with Gasteiger partial charge in [-0.3, -0.25) is 9.59 Å². The number of ether oxygens (including phenoxy) is 1. The van der Waals surface area contributed by atoms with E-state index in [-0.39, 0.29) is 24.0 Å². The van der Waals surface area contributed by atoms with Crippen LogP contribution in [0, 0.1) is 0 Å². The summed E-state index contributed by atoms with van der Waals surface area (Å²) < 4.78 is 13.5. The number of imidazole rings is 1. The molecule has 3 N–H and O–H groups in total. The molecule has 0 radical (unpaired) electrons. The van der Waals surface area contributed by atoms with Crippen LogP contribution in [-0.4, -0.2) is 34.6 Å². The van der Waals surface area contributed by atoms with Gasteiger partial charge in [0, 0.05) is 29.6 Å². The van der Waals surface area contributed by atoms with Crippen molar-refractivity contribution in [1.82, 2.24) is 14.9 Å². The van der Waals surface area contributed by atoms with E-state index in [9.17, 15) is 9.59 Å². The number of rotatable bonds is 8. The van der Waals surface area contributed by atoms with Gasteiger partial charge in [-0.15, -0.1) is 0 Å². The minimum absolute atomic E-state index is 0.0793. The largest absolute Gasteiger partial charge is 0.465 e. The Morgan fingerprint density at radius 1 is 1.23 bits per heavy atom. The van der Waals surface area contributed by atoms with Crippen LogP contribution < -0.4 is 11.1 Å². The van der Waals surface area contributed by atoms with Crippen molar-refractivity contribution in [2.24, 2.45) is 0 Å². The van der Waals surface area contributed by atoms with E-state index in [1.807, 2.05) is 49.4 Å². The molecule has 35 heavy (non-hydrogen) atoms. The van der Waals surface area contributed by atoms with Crippen molar-refractivity contribution < 1.29 is 18.7 Å². The summed E-state index contributed by atoms with van der Waals surface area (Å²) in [5.41, 5.74) is 9.36. The van der Waals surface area contributed by atoms with Gasteiger partial charge in [-0.2, -0.15) is 0 Å². The maximum atomic E-state index is 12.9. The minimum atomic E-state index is -0.524. The van der Waals surface area contributed by atoms with E-state index in [0.29, 0.717) is 35.8 Å². The fourth-order valence-corrected chi connectivity index (χ4v) is 4.73. The summed E-state index contributed by atoms with van der Waals surface area (Å²) in [7, 11) is 0. The highest BCUT2D eigenvalue weighted by Crippen LogP contribution is 2.40. The van der Waals surface area contributed by atoms with Gasteiger partial charge in [0.1, 0.15) is 23.6 Å². The lowest BCUT2D eigenvalue weighted by atomic mass is 10.1. The normalized spacial score (nSPS) is 11.1. The molecule has 2 heterocycles. The number of amides is 1. The third kappa shape index (κ3) is 5.06. The second kappa shape index (κ2) is 10.5. The molecule has 2 aromatic heterocycles. The van der Waals surface area contributed by atoms with Gasteiger partial charge in [-0.05, 0) is 52.7 Å². The number of para-hydroxylation sites is 1. The van der Waals surface area contributed by atoms with Crippen LogP contribution in [0.4, 0.5) is 5.69 Å². The first-order chi connectivity index (χ1) is 16.8. The number of carbonyl (C=O) groups is 2. The zero-order chi connectivity index (χ0) is 25.1. The number of halogens is 2. The summed E-state index contributed by atoms with van der Waals surface area (Å²) >= 11 is 9.99. The third-order valence-electron chi connectivity index (χ3n) is 5.47. The number of carbonyl (C=O) groups excluding carboxylic acids is 2. The van der Waals surface area contributed by atoms with Gasteiger partial charge in [-0.1, -0.05) is 36.7 Å². The van der Waals surface area contributed by atoms with Crippen LogP contribution in [0.1, 0.15) is 35.7 Å². The summed E-state index contributed by atoms with van der Waals surface area (Å²) in [5, 5.41) is 3.51. The van der Waals surface area contributed by atoms with Crippen LogP contribution in [0.2, 0.25) is 5.15 Å². The van der Waals surface area contributed by atoms with Crippen molar-refractivity contribution in [2.75, 3.05) is 18.9 Å². The number of nitrogen functional groups attached to an aromatic ring is 1. The Balaban J connectivity index is 1.67. The topological polar surface area (TPSA) is 112 Å². The van der Waals surface area contributed by atoms with Crippen molar-refractivity contribution in [1.29, 1.82) is 0 Å². The average molecular weight is 560 g/mol. The summed E-state index contributed by atoms with van der Waals surface area (Å²) in [4.78, 5) is 28.9. The van der Waals surface area contributed by atoms with E-state index in [1.54, 1.807) is 11.5 Å². The van der Waals surface area contributed by atoms with E-state index in [2.05, 4.69) is 26.2 Å². The molecule has 0 aliphatic carbocycles. The lowest BCUT2D eigenvalue weighted by Gasteiger charge is -2.12. The first-order valence-corrected chi connectivity index (χ1v) is 12.3. The molecule has 1 amide bonds. The van der Waals surface area contributed by atoms with E-state index in [0.717, 1.165) is 21.0 Å². The highest BCUT2D eigenvalue weighted by Gasteiger charge is 2.23. The molecule has 0 spiro atoms. The summed E-state index contributed by atoms with van der Waals surface area (Å²) in [5.74, 6) is 0.279.